The van der Waals surface area contributed by atoms with Crippen molar-refractivity contribution in [2.45, 2.75) is 0 Å². The number of carbonyl (C=O) groups is 4. The van der Waals surface area contributed by atoms with Crippen molar-refractivity contribution in [3.8, 4) is 5.75 Å². The van der Waals surface area contributed by atoms with E-state index in [1.54, 1.807) is 24.3 Å². The molecule has 35 heavy (non-hydrogen) atoms. The molecule has 3 aromatic rings. The molecule has 1 aliphatic rings. The summed E-state index contributed by atoms with van der Waals surface area (Å²) in [6, 6.07) is 16.9. The SMILES string of the molecule is O=C(COc1ccc(Cl)cc1/C=C1\C(=O)NC(=O)N(c2ccc(F)cc2)C1=O)Nc1ccccc1. The van der Waals surface area contributed by atoms with Gasteiger partial charge in [0.2, 0.25) is 0 Å². The molecule has 0 saturated carbocycles. The van der Waals surface area contributed by atoms with Crippen LogP contribution in [0.5, 0.6) is 5.75 Å². The maximum atomic E-state index is 13.3. The van der Waals surface area contributed by atoms with Gasteiger partial charge in [-0.3, -0.25) is 19.7 Å². The van der Waals surface area contributed by atoms with Gasteiger partial charge < -0.3 is 10.1 Å². The summed E-state index contributed by atoms with van der Waals surface area (Å²) < 4.78 is 18.9. The fraction of sp³-hybridized carbons (Fsp3) is 0.0400. The van der Waals surface area contributed by atoms with Crippen LogP contribution in [0, 0.1) is 5.82 Å². The van der Waals surface area contributed by atoms with Crippen molar-refractivity contribution in [3.63, 3.8) is 0 Å². The third-order valence-corrected chi connectivity index (χ3v) is 5.11. The minimum Gasteiger partial charge on any atom is -0.483 e. The smallest absolute Gasteiger partial charge is 0.335 e. The van der Waals surface area contributed by atoms with Crippen LogP contribution >= 0.6 is 11.6 Å². The van der Waals surface area contributed by atoms with Crippen LogP contribution in [0.4, 0.5) is 20.6 Å². The van der Waals surface area contributed by atoms with Crippen molar-refractivity contribution in [2.24, 2.45) is 0 Å². The van der Waals surface area contributed by atoms with Crippen LogP contribution in [0.1, 0.15) is 5.56 Å². The first-order valence-electron chi connectivity index (χ1n) is 10.3. The van der Waals surface area contributed by atoms with E-state index in [4.69, 9.17) is 16.3 Å². The molecule has 8 nitrogen and oxygen atoms in total. The van der Waals surface area contributed by atoms with Gasteiger partial charge in [0.15, 0.2) is 6.61 Å². The predicted molar refractivity (Wildman–Crippen MR) is 127 cm³/mol. The van der Waals surface area contributed by atoms with E-state index in [1.807, 2.05) is 6.07 Å². The lowest BCUT2D eigenvalue weighted by molar-refractivity contribution is -0.122. The van der Waals surface area contributed by atoms with Crippen molar-refractivity contribution >= 4 is 52.8 Å². The number of amides is 5. The third kappa shape index (κ3) is 5.53. The summed E-state index contributed by atoms with van der Waals surface area (Å²) in [5.41, 5.74) is 0.522. The van der Waals surface area contributed by atoms with E-state index >= 15 is 0 Å². The van der Waals surface area contributed by atoms with E-state index in [1.165, 1.54) is 36.4 Å². The fourth-order valence-electron chi connectivity index (χ4n) is 3.26. The number of hydrogen-bond acceptors (Lipinski definition) is 5. The molecule has 1 heterocycles. The Kier molecular flexibility index (Phi) is 6.88. The molecule has 4 rings (SSSR count). The second-order valence-electron chi connectivity index (χ2n) is 7.32. The Hall–Kier alpha value is -4.50. The molecule has 10 heteroatoms. The monoisotopic (exact) mass is 493 g/mol. The number of barbiturate groups is 1. The van der Waals surface area contributed by atoms with Crippen LogP contribution in [-0.2, 0) is 14.4 Å². The van der Waals surface area contributed by atoms with Crippen molar-refractivity contribution in [1.82, 2.24) is 5.32 Å². The molecule has 0 aliphatic carbocycles. The van der Waals surface area contributed by atoms with Crippen LogP contribution in [0.3, 0.4) is 0 Å². The fourth-order valence-corrected chi connectivity index (χ4v) is 3.44. The highest BCUT2D eigenvalue weighted by atomic mass is 35.5. The van der Waals surface area contributed by atoms with E-state index in [0.717, 1.165) is 12.1 Å². The summed E-state index contributed by atoms with van der Waals surface area (Å²) in [7, 11) is 0. The van der Waals surface area contributed by atoms with Crippen LogP contribution in [0.25, 0.3) is 6.08 Å². The number of nitrogens with one attached hydrogen (secondary N) is 2. The number of anilines is 2. The van der Waals surface area contributed by atoms with Crippen LogP contribution < -0.4 is 20.3 Å². The molecule has 0 unspecified atom stereocenters. The Labute approximate surface area is 203 Å². The second-order valence-corrected chi connectivity index (χ2v) is 7.76. The van der Waals surface area contributed by atoms with Crippen molar-refractivity contribution in [2.75, 3.05) is 16.8 Å². The summed E-state index contributed by atoms with van der Waals surface area (Å²) in [5, 5.41) is 5.04. The number of hydrogen-bond donors (Lipinski definition) is 2. The summed E-state index contributed by atoms with van der Waals surface area (Å²) in [6.45, 7) is -0.354. The number of halogens is 2. The summed E-state index contributed by atoms with van der Waals surface area (Å²) >= 11 is 6.09. The lowest BCUT2D eigenvalue weighted by Gasteiger charge is -2.26. The largest absolute Gasteiger partial charge is 0.483 e. The molecule has 2 N–H and O–H groups in total. The molecule has 0 atom stereocenters. The Bertz CT molecular complexity index is 1340. The molecular weight excluding hydrogens is 477 g/mol. The zero-order valence-electron chi connectivity index (χ0n) is 18.0. The number of ether oxygens (including phenoxy) is 1. The zero-order chi connectivity index (χ0) is 24.9. The van der Waals surface area contributed by atoms with Gasteiger partial charge in [-0.2, -0.15) is 0 Å². The number of imide groups is 2. The lowest BCUT2D eigenvalue weighted by atomic mass is 10.1. The Morgan fingerprint density at radius 2 is 1.74 bits per heavy atom. The molecule has 5 amide bonds. The molecule has 3 aromatic carbocycles. The Morgan fingerprint density at radius 1 is 1.03 bits per heavy atom. The Morgan fingerprint density at radius 3 is 2.46 bits per heavy atom. The zero-order valence-corrected chi connectivity index (χ0v) is 18.7. The van der Waals surface area contributed by atoms with E-state index in [9.17, 15) is 23.6 Å². The topological polar surface area (TPSA) is 105 Å². The molecule has 176 valence electrons. The average molecular weight is 494 g/mol. The molecule has 0 aromatic heterocycles. The number of carbonyl (C=O) groups excluding carboxylic acids is 4. The second kappa shape index (κ2) is 10.2. The summed E-state index contributed by atoms with van der Waals surface area (Å²) in [4.78, 5) is 50.8. The predicted octanol–water partition coefficient (Wildman–Crippen LogP) is 4.16. The average Bonchev–Trinajstić information content (AvgIpc) is 2.83. The molecule has 0 bridgehead atoms. The first kappa shape index (κ1) is 23.7. The molecule has 1 saturated heterocycles. The van der Waals surface area contributed by atoms with Crippen LogP contribution in [0.15, 0.2) is 78.4 Å². The van der Waals surface area contributed by atoms with Crippen molar-refractivity contribution in [1.29, 1.82) is 0 Å². The maximum absolute atomic E-state index is 13.3. The lowest BCUT2D eigenvalue weighted by Crippen LogP contribution is -2.54. The maximum Gasteiger partial charge on any atom is 0.335 e. The normalized spacial score (nSPS) is 14.6. The van der Waals surface area contributed by atoms with Crippen molar-refractivity contribution < 1.29 is 28.3 Å². The van der Waals surface area contributed by atoms with Crippen LogP contribution in [-0.4, -0.2) is 30.4 Å². The van der Waals surface area contributed by atoms with Gasteiger partial charge >= 0.3 is 6.03 Å². The minimum absolute atomic E-state index is 0.0763. The van der Waals surface area contributed by atoms with E-state index in [-0.39, 0.29) is 34.2 Å². The number of urea groups is 1. The van der Waals surface area contributed by atoms with Crippen LogP contribution in [0.2, 0.25) is 5.02 Å². The van der Waals surface area contributed by atoms with Gasteiger partial charge in [-0.05, 0) is 60.7 Å². The van der Waals surface area contributed by atoms with Gasteiger partial charge in [0.05, 0.1) is 5.69 Å². The number of para-hydroxylation sites is 1. The van der Waals surface area contributed by atoms with Gasteiger partial charge in [0, 0.05) is 16.3 Å². The molecular formula is C25H17ClFN3O5. The Balaban J connectivity index is 1.59. The highest BCUT2D eigenvalue weighted by molar-refractivity contribution is 6.39. The van der Waals surface area contributed by atoms with Gasteiger partial charge in [0.1, 0.15) is 17.1 Å². The van der Waals surface area contributed by atoms with Gasteiger partial charge in [0.25, 0.3) is 17.7 Å². The van der Waals surface area contributed by atoms with Gasteiger partial charge in [-0.15, -0.1) is 0 Å². The summed E-state index contributed by atoms with van der Waals surface area (Å²) in [6.07, 6.45) is 1.21. The molecule has 0 spiro atoms. The van der Waals surface area contributed by atoms with E-state index < -0.39 is 29.6 Å². The van der Waals surface area contributed by atoms with E-state index in [2.05, 4.69) is 10.6 Å². The quantitative estimate of drug-likeness (QED) is 0.396. The number of nitrogens with zero attached hydrogens (tertiary/aromatic N) is 1. The number of rotatable bonds is 6. The standard InChI is InChI=1S/C25H17ClFN3O5/c26-16-6-11-21(35-14-22(31)28-18-4-2-1-3-5-18)15(12-16)13-20-23(32)29-25(34)30(24(20)33)19-9-7-17(27)8-10-19/h1-13H,14H2,(H,28,31)(H,29,32,34)/b20-13+. The van der Waals surface area contributed by atoms with E-state index in [0.29, 0.717) is 10.6 Å². The minimum atomic E-state index is -0.969. The van der Waals surface area contributed by atoms with Gasteiger partial charge in [-0.1, -0.05) is 29.8 Å². The number of benzene rings is 3. The first-order chi connectivity index (χ1) is 16.8. The highest BCUT2D eigenvalue weighted by Crippen LogP contribution is 2.28. The molecule has 1 aliphatic heterocycles. The molecule has 1 fully saturated rings. The third-order valence-electron chi connectivity index (χ3n) is 4.87. The first-order valence-corrected chi connectivity index (χ1v) is 10.6. The summed E-state index contributed by atoms with van der Waals surface area (Å²) in [5.74, 6) is -2.65. The molecule has 0 radical (unpaired) electrons. The van der Waals surface area contributed by atoms with Crippen molar-refractivity contribution in [3.05, 3.63) is 94.8 Å². The van der Waals surface area contributed by atoms with Gasteiger partial charge in [-0.25, -0.2) is 14.1 Å². The highest BCUT2D eigenvalue weighted by Gasteiger charge is 2.37.